The van der Waals surface area contributed by atoms with Crippen molar-refractivity contribution in [3.63, 3.8) is 0 Å². The maximum atomic E-state index is 6.09. The molecule has 2 rings (SSSR count). The molecule has 0 radical (unpaired) electrons. The first-order chi connectivity index (χ1) is 14.7. The Labute approximate surface area is 206 Å². The highest BCUT2D eigenvalue weighted by molar-refractivity contribution is 14.0. The van der Waals surface area contributed by atoms with Gasteiger partial charge in [0.05, 0.1) is 6.54 Å². The summed E-state index contributed by atoms with van der Waals surface area (Å²) in [7, 11) is 2.13. The standard InChI is InChI=1S/C24H42N4O2.HI/c1-5-25-24(27(4)15-12-21-13-17-29-18-14-21)26-20-22-10-8-9-11-23(22)30-19-16-28(6-2)7-3;/h8-11,21H,5-7,12-20H2,1-4H3,(H,25,26);1H. The van der Waals surface area contributed by atoms with Crippen LogP contribution in [0.2, 0.25) is 0 Å². The van der Waals surface area contributed by atoms with Crippen LogP contribution in [-0.4, -0.2) is 75.4 Å². The number of nitrogens with one attached hydrogen (secondary N) is 1. The minimum absolute atomic E-state index is 0. The number of rotatable bonds is 12. The molecular weight excluding hydrogens is 503 g/mol. The van der Waals surface area contributed by atoms with Gasteiger partial charge in [-0.25, -0.2) is 4.99 Å². The summed E-state index contributed by atoms with van der Waals surface area (Å²) in [5, 5.41) is 3.44. The highest BCUT2D eigenvalue weighted by Crippen LogP contribution is 2.20. The van der Waals surface area contributed by atoms with Crippen LogP contribution in [0.4, 0.5) is 0 Å². The second-order valence-electron chi connectivity index (χ2n) is 7.92. The van der Waals surface area contributed by atoms with Crippen molar-refractivity contribution in [2.45, 2.75) is 46.6 Å². The van der Waals surface area contributed by atoms with Crippen LogP contribution in [0.25, 0.3) is 0 Å². The van der Waals surface area contributed by atoms with Gasteiger partial charge < -0.3 is 24.6 Å². The minimum Gasteiger partial charge on any atom is -0.492 e. The molecule has 7 heteroatoms. The van der Waals surface area contributed by atoms with Crippen LogP contribution in [-0.2, 0) is 11.3 Å². The van der Waals surface area contributed by atoms with E-state index in [0.29, 0.717) is 13.2 Å². The Balaban J connectivity index is 0.00000480. The summed E-state index contributed by atoms with van der Waals surface area (Å²) in [6.45, 7) is 14.6. The van der Waals surface area contributed by atoms with Gasteiger partial charge in [0.15, 0.2) is 5.96 Å². The van der Waals surface area contributed by atoms with Crippen LogP contribution in [0.1, 0.15) is 45.6 Å². The quantitative estimate of drug-likeness (QED) is 0.242. The third kappa shape index (κ3) is 10.4. The van der Waals surface area contributed by atoms with E-state index in [-0.39, 0.29) is 24.0 Å². The Hall–Kier alpha value is -1.06. The summed E-state index contributed by atoms with van der Waals surface area (Å²) >= 11 is 0. The number of likely N-dealkylation sites (N-methyl/N-ethyl adjacent to an activating group) is 1. The summed E-state index contributed by atoms with van der Waals surface area (Å²) in [6, 6.07) is 8.26. The smallest absolute Gasteiger partial charge is 0.193 e. The molecule has 0 amide bonds. The number of aliphatic imine (C=N–C) groups is 1. The molecule has 0 atom stereocenters. The van der Waals surface area contributed by atoms with Crippen LogP contribution < -0.4 is 10.1 Å². The topological polar surface area (TPSA) is 49.3 Å². The molecule has 178 valence electrons. The monoisotopic (exact) mass is 546 g/mol. The van der Waals surface area contributed by atoms with E-state index in [1.807, 2.05) is 6.07 Å². The maximum absolute atomic E-state index is 6.09. The van der Waals surface area contributed by atoms with E-state index in [0.717, 1.165) is 69.1 Å². The van der Waals surface area contributed by atoms with Crippen molar-refractivity contribution in [3.8, 4) is 5.75 Å². The number of para-hydroxylation sites is 1. The van der Waals surface area contributed by atoms with Crippen molar-refractivity contribution < 1.29 is 9.47 Å². The number of guanidine groups is 1. The normalized spacial score (nSPS) is 14.9. The Morgan fingerprint density at radius 1 is 1.13 bits per heavy atom. The highest BCUT2D eigenvalue weighted by Gasteiger charge is 2.15. The number of hydrogen-bond acceptors (Lipinski definition) is 4. The van der Waals surface area contributed by atoms with Crippen LogP contribution in [0, 0.1) is 5.92 Å². The maximum Gasteiger partial charge on any atom is 0.193 e. The van der Waals surface area contributed by atoms with Crippen molar-refractivity contribution in [3.05, 3.63) is 29.8 Å². The average molecular weight is 547 g/mol. The summed E-state index contributed by atoms with van der Waals surface area (Å²) in [5.74, 6) is 2.67. The van der Waals surface area contributed by atoms with Gasteiger partial charge in [-0.1, -0.05) is 32.0 Å². The van der Waals surface area contributed by atoms with E-state index in [4.69, 9.17) is 14.5 Å². The number of halogens is 1. The average Bonchev–Trinajstić information content (AvgIpc) is 2.79. The van der Waals surface area contributed by atoms with Gasteiger partial charge in [0.2, 0.25) is 0 Å². The molecule has 1 aromatic carbocycles. The molecule has 6 nitrogen and oxygen atoms in total. The predicted molar refractivity (Wildman–Crippen MR) is 141 cm³/mol. The molecule has 0 spiro atoms. The minimum atomic E-state index is 0. The molecule has 1 fully saturated rings. The molecule has 1 aliphatic heterocycles. The van der Waals surface area contributed by atoms with Crippen molar-refractivity contribution >= 4 is 29.9 Å². The van der Waals surface area contributed by atoms with Crippen molar-refractivity contribution in [2.24, 2.45) is 10.9 Å². The fraction of sp³-hybridized carbons (Fsp3) is 0.708. The Kier molecular flexibility index (Phi) is 14.9. The molecule has 1 N–H and O–H groups in total. The third-order valence-corrected chi connectivity index (χ3v) is 5.84. The summed E-state index contributed by atoms with van der Waals surface area (Å²) in [4.78, 5) is 9.53. The fourth-order valence-electron chi connectivity index (χ4n) is 3.75. The van der Waals surface area contributed by atoms with E-state index < -0.39 is 0 Å². The van der Waals surface area contributed by atoms with E-state index in [1.54, 1.807) is 0 Å². The molecule has 0 unspecified atom stereocenters. The summed E-state index contributed by atoms with van der Waals surface area (Å²) in [6.07, 6.45) is 3.55. The Morgan fingerprint density at radius 3 is 2.52 bits per heavy atom. The van der Waals surface area contributed by atoms with E-state index >= 15 is 0 Å². The highest BCUT2D eigenvalue weighted by atomic mass is 127. The van der Waals surface area contributed by atoms with Gasteiger partial charge in [-0.2, -0.15) is 0 Å². The molecule has 1 heterocycles. The molecule has 0 aliphatic carbocycles. The summed E-state index contributed by atoms with van der Waals surface area (Å²) in [5.41, 5.74) is 1.13. The van der Waals surface area contributed by atoms with Gasteiger partial charge in [0.25, 0.3) is 0 Å². The Morgan fingerprint density at radius 2 is 1.84 bits per heavy atom. The van der Waals surface area contributed by atoms with Gasteiger partial charge in [0, 0.05) is 45.5 Å². The van der Waals surface area contributed by atoms with Gasteiger partial charge >= 0.3 is 0 Å². The molecule has 31 heavy (non-hydrogen) atoms. The zero-order valence-corrected chi connectivity index (χ0v) is 22.3. The lowest BCUT2D eigenvalue weighted by Gasteiger charge is -2.27. The van der Waals surface area contributed by atoms with E-state index in [9.17, 15) is 0 Å². The van der Waals surface area contributed by atoms with Crippen molar-refractivity contribution in [2.75, 3.05) is 59.6 Å². The molecular formula is C24H43IN4O2. The molecule has 1 saturated heterocycles. The number of benzene rings is 1. The van der Waals surface area contributed by atoms with Gasteiger partial charge in [-0.3, -0.25) is 0 Å². The SMILES string of the molecule is CCNC(=NCc1ccccc1OCCN(CC)CC)N(C)CCC1CCOCC1.I. The largest absolute Gasteiger partial charge is 0.492 e. The molecule has 0 saturated carbocycles. The van der Waals surface area contributed by atoms with Crippen molar-refractivity contribution in [1.29, 1.82) is 0 Å². The van der Waals surface area contributed by atoms with Crippen LogP contribution >= 0.6 is 24.0 Å². The predicted octanol–water partition coefficient (Wildman–Crippen LogP) is 4.24. The van der Waals surface area contributed by atoms with Crippen LogP contribution in [0.3, 0.4) is 0 Å². The van der Waals surface area contributed by atoms with Gasteiger partial charge in [0.1, 0.15) is 12.4 Å². The lowest BCUT2D eigenvalue weighted by molar-refractivity contribution is 0.0625. The first kappa shape index (κ1) is 28.0. The number of hydrogen-bond donors (Lipinski definition) is 1. The van der Waals surface area contributed by atoms with E-state index in [1.165, 1.54) is 19.3 Å². The van der Waals surface area contributed by atoms with E-state index in [2.05, 4.69) is 61.1 Å². The Bertz CT molecular complexity index is 619. The number of nitrogens with zero attached hydrogens (tertiary/aromatic N) is 3. The van der Waals surface area contributed by atoms with Gasteiger partial charge in [-0.15, -0.1) is 24.0 Å². The zero-order valence-electron chi connectivity index (χ0n) is 19.9. The van der Waals surface area contributed by atoms with Gasteiger partial charge in [-0.05, 0) is 51.3 Å². The molecule has 1 aliphatic rings. The molecule has 0 bridgehead atoms. The fourth-order valence-corrected chi connectivity index (χ4v) is 3.75. The van der Waals surface area contributed by atoms with Crippen LogP contribution in [0.5, 0.6) is 5.75 Å². The lowest BCUT2D eigenvalue weighted by atomic mass is 9.96. The molecule has 1 aromatic rings. The molecule has 0 aromatic heterocycles. The second kappa shape index (κ2) is 16.6. The third-order valence-electron chi connectivity index (χ3n) is 5.84. The number of ether oxygens (including phenoxy) is 2. The summed E-state index contributed by atoms with van der Waals surface area (Å²) < 4.78 is 11.6. The first-order valence-electron chi connectivity index (χ1n) is 11.7. The van der Waals surface area contributed by atoms with Crippen LogP contribution in [0.15, 0.2) is 29.3 Å². The van der Waals surface area contributed by atoms with Crippen molar-refractivity contribution in [1.82, 2.24) is 15.1 Å². The second-order valence-corrected chi connectivity index (χ2v) is 7.92. The zero-order chi connectivity index (χ0) is 21.6. The lowest BCUT2D eigenvalue weighted by Crippen LogP contribution is -2.40. The first-order valence-corrected chi connectivity index (χ1v) is 11.7.